The number of aliphatic hydroxyl groups is 1. The lowest BCUT2D eigenvalue weighted by Crippen LogP contribution is -2.57. The maximum Gasteiger partial charge on any atom is 0.251 e. The van der Waals surface area contributed by atoms with Gasteiger partial charge in [-0.25, -0.2) is 4.98 Å². The minimum Gasteiger partial charge on any atom is -0.388 e. The van der Waals surface area contributed by atoms with Crippen molar-refractivity contribution < 1.29 is 9.90 Å². The van der Waals surface area contributed by atoms with Gasteiger partial charge in [-0.3, -0.25) is 4.79 Å². The molecule has 0 saturated carbocycles. The molecule has 0 aliphatic heterocycles. The number of hydrogen-bond acceptors (Lipinski definition) is 3. The second-order valence-corrected chi connectivity index (χ2v) is 6.05. The van der Waals surface area contributed by atoms with Crippen LogP contribution in [0.1, 0.15) is 50.7 Å². The second kappa shape index (κ2) is 5.47. The van der Waals surface area contributed by atoms with Gasteiger partial charge in [0.25, 0.3) is 5.91 Å². The molecule has 0 aliphatic rings. The molecule has 1 heterocycles. The molecular formula is C14H21ClN2O2. The highest BCUT2D eigenvalue weighted by molar-refractivity contribution is 6.29. The molecule has 0 aromatic carbocycles. The lowest BCUT2D eigenvalue weighted by molar-refractivity contribution is -0.00293. The third-order valence-corrected chi connectivity index (χ3v) is 3.62. The molecule has 4 nitrogen and oxygen atoms in total. The van der Waals surface area contributed by atoms with E-state index in [-0.39, 0.29) is 5.91 Å². The van der Waals surface area contributed by atoms with E-state index >= 15 is 0 Å². The highest BCUT2D eigenvalue weighted by Crippen LogP contribution is 2.21. The summed E-state index contributed by atoms with van der Waals surface area (Å²) in [6.45, 7) is 8.80. The van der Waals surface area contributed by atoms with Gasteiger partial charge in [-0.2, -0.15) is 0 Å². The summed E-state index contributed by atoms with van der Waals surface area (Å²) in [5.74, 6) is -0.272. The molecule has 0 atom stereocenters. The maximum absolute atomic E-state index is 12.2. The van der Waals surface area contributed by atoms with Gasteiger partial charge in [0.15, 0.2) is 0 Å². The largest absolute Gasteiger partial charge is 0.388 e. The predicted molar refractivity (Wildman–Crippen MR) is 76.5 cm³/mol. The number of carbonyl (C=O) groups excluding carboxylic acids is 1. The van der Waals surface area contributed by atoms with Crippen molar-refractivity contribution in [2.45, 2.75) is 52.2 Å². The monoisotopic (exact) mass is 284 g/mol. The molecule has 0 spiro atoms. The summed E-state index contributed by atoms with van der Waals surface area (Å²) in [4.78, 5) is 16.3. The summed E-state index contributed by atoms with van der Waals surface area (Å²) in [5.41, 5.74) is -0.577. The standard InChI is InChI=1S/C14H21ClN2O2/c1-6-10-7-9(8-11(15)16-10)12(18)17-13(2,3)14(4,5)19/h7-8,19H,6H2,1-5H3,(H,17,18). The van der Waals surface area contributed by atoms with Crippen molar-refractivity contribution in [3.05, 3.63) is 28.5 Å². The van der Waals surface area contributed by atoms with Gasteiger partial charge in [-0.1, -0.05) is 18.5 Å². The SMILES string of the molecule is CCc1cc(C(=O)NC(C)(C)C(C)(C)O)cc(Cl)n1. The molecule has 106 valence electrons. The van der Waals surface area contributed by atoms with E-state index in [2.05, 4.69) is 10.3 Å². The van der Waals surface area contributed by atoms with Crippen LogP contribution in [0.2, 0.25) is 5.15 Å². The molecule has 1 aromatic heterocycles. The molecule has 0 radical (unpaired) electrons. The van der Waals surface area contributed by atoms with Crippen LogP contribution >= 0.6 is 11.6 Å². The Morgan fingerprint density at radius 3 is 2.42 bits per heavy atom. The van der Waals surface area contributed by atoms with Crippen molar-refractivity contribution in [1.29, 1.82) is 0 Å². The smallest absolute Gasteiger partial charge is 0.251 e. The Hall–Kier alpha value is -1.13. The third-order valence-electron chi connectivity index (χ3n) is 3.43. The number of nitrogens with zero attached hydrogens (tertiary/aromatic N) is 1. The van der Waals surface area contributed by atoms with Crippen molar-refractivity contribution in [2.75, 3.05) is 0 Å². The lowest BCUT2D eigenvalue weighted by atomic mass is 9.86. The zero-order valence-corrected chi connectivity index (χ0v) is 12.8. The van der Waals surface area contributed by atoms with Gasteiger partial charge < -0.3 is 10.4 Å². The number of halogens is 1. The first-order chi connectivity index (χ1) is 8.56. The number of pyridine rings is 1. The molecule has 2 N–H and O–H groups in total. The van der Waals surface area contributed by atoms with Gasteiger partial charge in [0.05, 0.1) is 11.1 Å². The van der Waals surface area contributed by atoms with Crippen LogP contribution in [0.25, 0.3) is 0 Å². The van der Waals surface area contributed by atoms with E-state index in [1.165, 1.54) is 6.07 Å². The molecular weight excluding hydrogens is 264 g/mol. The van der Waals surface area contributed by atoms with Crippen LogP contribution < -0.4 is 5.32 Å². The van der Waals surface area contributed by atoms with Crippen LogP contribution in [0.15, 0.2) is 12.1 Å². The number of hydrogen-bond donors (Lipinski definition) is 2. The molecule has 0 saturated heterocycles. The fourth-order valence-corrected chi connectivity index (χ4v) is 1.60. The number of nitrogens with one attached hydrogen (secondary N) is 1. The van der Waals surface area contributed by atoms with Crippen LogP contribution in [0.3, 0.4) is 0 Å². The number of aromatic nitrogens is 1. The lowest BCUT2D eigenvalue weighted by Gasteiger charge is -2.38. The molecule has 0 bridgehead atoms. The van der Waals surface area contributed by atoms with E-state index in [0.717, 1.165) is 5.69 Å². The first-order valence-electron chi connectivity index (χ1n) is 6.28. The Kier molecular flexibility index (Phi) is 4.59. The molecule has 0 aliphatic carbocycles. The highest BCUT2D eigenvalue weighted by atomic mass is 35.5. The fraction of sp³-hybridized carbons (Fsp3) is 0.571. The zero-order valence-electron chi connectivity index (χ0n) is 12.0. The summed E-state index contributed by atoms with van der Waals surface area (Å²) in [7, 11) is 0. The first-order valence-corrected chi connectivity index (χ1v) is 6.66. The number of aryl methyl sites for hydroxylation is 1. The van der Waals surface area contributed by atoms with Gasteiger partial charge in [-0.15, -0.1) is 0 Å². The van der Waals surface area contributed by atoms with Crippen LogP contribution in [0.5, 0.6) is 0 Å². The Morgan fingerprint density at radius 1 is 1.37 bits per heavy atom. The van der Waals surface area contributed by atoms with Gasteiger partial charge in [0.2, 0.25) is 0 Å². The second-order valence-electron chi connectivity index (χ2n) is 5.66. The summed E-state index contributed by atoms with van der Waals surface area (Å²) in [6.07, 6.45) is 0.704. The quantitative estimate of drug-likeness (QED) is 0.836. The predicted octanol–water partition coefficient (Wildman–Crippen LogP) is 2.58. The zero-order chi connectivity index (χ0) is 14.8. The van der Waals surface area contributed by atoms with Gasteiger partial charge >= 0.3 is 0 Å². The van der Waals surface area contributed by atoms with E-state index < -0.39 is 11.1 Å². The van der Waals surface area contributed by atoms with Crippen molar-refractivity contribution in [1.82, 2.24) is 10.3 Å². The van der Waals surface area contributed by atoms with E-state index in [9.17, 15) is 9.90 Å². The third kappa shape index (κ3) is 3.91. The Morgan fingerprint density at radius 2 is 1.95 bits per heavy atom. The number of rotatable bonds is 4. The topological polar surface area (TPSA) is 62.2 Å². The van der Waals surface area contributed by atoms with Gasteiger partial charge in [0, 0.05) is 11.3 Å². The summed E-state index contributed by atoms with van der Waals surface area (Å²) in [6, 6.07) is 3.23. The van der Waals surface area contributed by atoms with Gasteiger partial charge in [0.1, 0.15) is 5.15 Å². The Labute approximate surface area is 119 Å². The van der Waals surface area contributed by atoms with Crippen molar-refractivity contribution in [3.63, 3.8) is 0 Å². The summed E-state index contributed by atoms with van der Waals surface area (Å²) in [5, 5.41) is 13.2. The normalized spacial score (nSPS) is 12.4. The summed E-state index contributed by atoms with van der Waals surface area (Å²) >= 11 is 5.89. The van der Waals surface area contributed by atoms with Crippen molar-refractivity contribution in [2.24, 2.45) is 0 Å². The summed E-state index contributed by atoms with van der Waals surface area (Å²) < 4.78 is 0. The average molecular weight is 285 g/mol. The van der Waals surface area contributed by atoms with E-state index in [4.69, 9.17) is 11.6 Å². The van der Waals surface area contributed by atoms with Gasteiger partial charge in [-0.05, 0) is 46.2 Å². The molecule has 19 heavy (non-hydrogen) atoms. The first kappa shape index (κ1) is 15.9. The van der Waals surface area contributed by atoms with Crippen LogP contribution in [0, 0.1) is 0 Å². The van der Waals surface area contributed by atoms with Crippen molar-refractivity contribution >= 4 is 17.5 Å². The van der Waals surface area contributed by atoms with E-state index in [0.29, 0.717) is 17.1 Å². The van der Waals surface area contributed by atoms with Crippen LogP contribution in [0.4, 0.5) is 0 Å². The van der Waals surface area contributed by atoms with Crippen LogP contribution in [-0.4, -0.2) is 27.1 Å². The molecule has 1 aromatic rings. The maximum atomic E-state index is 12.2. The minimum absolute atomic E-state index is 0.272. The Balaban J connectivity index is 2.99. The fourth-order valence-electron chi connectivity index (χ4n) is 1.37. The van der Waals surface area contributed by atoms with E-state index in [1.54, 1.807) is 33.8 Å². The number of amides is 1. The molecule has 1 rings (SSSR count). The van der Waals surface area contributed by atoms with Crippen LogP contribution in [-0.2, 0) is 6.42 Å². The molecule has 5 heteroatoms. The molecule has 1 amide bonds. The van der Waals surface area contributed by atoms with E-state index in [1.807, 2.05) is 6.92 Å². The average Bonchev–Trinajstić information content (AvgIpc) is 2.25. The molecule has 0 fully saturated rings. The number of carbonyl (C=O) groups is 1. The Bertz CT molecular complexity index is 479. The minimum atomic E-state index is -1.03. The van der Waals surface area contributed by atoms with Crippen molar-refractivity contribution in [3.8, 4) is 0 Å². The molecule has 0 unspecified atom stereocenters. The highest BCUT2D eigenvalue weighted by Gasteiger charge is 2.36.